The van der Waals surface area contributed by atoms with E-state index in [2.05, 4.69) is 4.98 Å². The number of carbonyl (C=O) groups is 1. The summed E-state index contributed by atoms with van der Waals surface area (Å²) in [5.41, 5.74) is 6.72. The van der Waals surface area contributed by atoms with Crippen LogP contribution < -0.4 is 15.4 Å². The van der Waals surface area contributed by atoms with Crippen LogP contribution >= 0.6 is 0 Å². The lowest BCUT2D eigenvalue weighted by molar-refractivity contribution is -0.119. The van der Waals surface area contributed by atoms with Gasteiger partial charge in [0, 0.05) is 19.2 Å². The molecule has 2 aromatic rings. The van der Waals surface area contributed by atoms with Crippen molar-refractivity contribution in [2.24, 2.45) is 5.73 Å². The van der Waals surface area contributed by atoms with Crippen LogP contribution in [0.5, 0.6) is 5.88 Å². The van der Waals surface area contributed by atoms with Gasteiger partial charge in [-0.2, -0.15) is 0 Å². The summed E-state index contributed by atoms with van der Waals surface area (Å²) in [7, 11) is 3.04. The summed E-state index contributed by atoms with van der Waals surface area (Å²) in [5, 5.41) is 0. The summed E-state index contributed by atoms with van der Waals surface area (Å²) in [6.07, 6.45) is 1.51. The lowest BCUT2D eigenvalue weighted by Crippen LogP contribution is -2.43. The highest BCUT2D eigenvalue weighted by Crippen LogP contribution is 2.16. The second kappa shape index (κ2) is 7.15. The second-order valence-electron chi connectivity index (χ2n) is 5.04. The lowest BCUT2D eigenvalue weighted by atomic mass is 10.1. The topological polar surface area (TPSA) is 68.5 Å². The molecule has 0 spiro atoms. The quantitative estimate of drug-likeness (QED) is 0.913. The van der Waals surface area contributed by atoms with E-state index in [4.69, 9.17) is 10.5 Å². The van der Waals surface area contributed by atoms with Crippen LogP contribution in [0.15, 0.2) is 36.5 Å². The lowest BCUT2D eigenvalue weighted by Gasteiger charge is -2.21. The number of rotatable bonds is 5. The molecular formula is C16H17F2N3O2. The molecule has 7 heteroatoms. The zero-order valence-electron chi connectivity index (χ0n) is 12.8. The molecular weight excluding hydrogens is 304 g/mol. The maximum absolute atomic E-state index is 13.2. The van der Waals surface area contributed by atoms with E-state index in [1.54, 1.807) is 19.2 Å². The normalized spacial score (nSPS) is 11.9. The monoisotopic (exact) mass is 321 g/mol. The predicted molar refractivity (Wildman–Crippen MR) is 82.2 cm³/mol. The van der Waals surface area contributed by atoms with Gasteiger partial charge < -0.3 is 15.4 Å². The zero-order valence-corrected chi connectivity index (χ0v) is 12.8. The number of nitrogens with zero attached hydrogens (tertiary/aromatic N) is 2. The number of carbonyl (C=O) groups excluding carboxylic acids is 1. The van der Waals surface area contributed by atoms with Crippen molar-refractivity contribution in [1.29, 1.82) is 0 Å². The first-order valence-corrected chi connectivity index (χ1v) is 6.89. The van der Waals surface area contributed by atoms with Gasteiger partial charge in [-0.15, -0.1) is 0 Å². The number of benzene rings is 1. The number of hydrogen-bond acceptors (Lipinski definition) is 4. The van der Waals surface area contributed by atoms with E-state index in [1.807, 2.05) is 0 Å². The van der Waals surface area contributed by atoms with Crippen molar-refractivity contribution in [3.05, 3.63) is 53.7 Å². The number of hydrogen-bond donors (Lipinski definition) is 1. The minimum Gasteiger partial charge on any atom is -0.481 e. The van der Waals surface area contributed by atoms with Gasteiger partial charge in [-0.3, -0.25) is 4.79 Å². The SMILES string of the molecule is COc1ccc(N(C)C(=O)[C@@H](N)Cc2cc(F)cc(F)c2)cn1. The second-order valence-corrected chi connectivity index (χ2v) is 5.04. The Balaban J connectivity index is 2.08. The van der Waals surface area contributed by atoms with Crippen LogP contribution in [-0.2, 0) is 11.2 Å². The highest BCUT2D eigenvalue weighted by Gasteiger charge is 2.20. The van der Waals surface area contributed by atoms with Gasteiger partial charge >= 0.3 is 0 Å². The van der Waals surface area contributed by atoms with Crippen molar-refractivity contribution in [2.75, 3.05) is 19.1 Å². The molecule has 1 heterocycles. The number of amides is 1. The highest BCUT2D eigenvalue weighted by atomic mass is 19.1. The Morgan fingerprint density at radius 1 is 1.30 bits per heavy atom. The van der Waals surface area contributed by atoms with E-state index < -0.39 is 17.7 Å². The summed E-state index contributed by atoms with van der Waals surface area (Å²) in [4.78, 5) is 17.7. The van der Waals surface area contributed by atoms with E-state index >= 15 is 0 Å². The Kier molecular flexibility index (Phi) is 5.23. The van der Waals surface area contributed by atoms with E-state index in [0.717, 1.165) is 18.2 Å². The molecule has 1 amide bonds. The third-order valence-corrected chi connectivity index (χ3v) is 3.34. The minimum absolute atomic E-state index is 0.0292. The van der Waals surface area contributed by atoms with E-state index in [0.29, 0.717) is 17.1 Å². The smallest absolute Gasteiger partial charge is 0.244 e. The summed E-state index contributed by atoms with van der Waals surface area (Å²) < 4.78 is 31.3. The minimum atomic E-state index is -0.927. The first-order valence-electron chi connectivity index (χ1n) is 6.89. The van der Waals surface area contributed by atoms with E-state index in [1.165, 1.54) is 18.2 Å². The number of likely N-dealkylation sites (N-methyl/N-ethyl adjacent to an activating group) is 1. The van der Waals surface area contributed by atoms with Crippen LogP contribution in [0.4, 0.5) is 14.5 Å². The molecule has 0 bridgehead atoms. The maximum Gasteiger partial charge on any atom is 0.244 e. The Morgan fingerprint density at radius 2 is 1.96 bits per heavy atom. The number of aromatic nitrogens is 1. The summed E-state index contributed by atoms with van der Waals surface area (Å²) in [5.74, 6) is -1.37. The largest absolute Gasteiger partial charge is 0.481 e. The first-order chi connectivity index (χ1) is 10.9. The van der Waals surface area contributed by atoms with Gasteiger partial charge in [-0.05, 0) is 30.2 Å². The van der Waals surface area contributed by atoms with E-state index in [9.17, 15) is 13.6 Å². The molecule has 2 rings (SSSR count). The highest BCUT2D eigenvalue weighted by molar-refractivity contribution is 5.96. The van der Waals surface area contributed by atoms with Gasteiger partial charge in [0.2, 0.25) is 11.8 Å². The molecule has 0 aliphatic rings. The molecule has 23 heavy (non-hydrogen) atoms. The molecule has 0 aliphatic carbocycles. The Hall–Kier alpha value is -2.54. The van der Waals surface area contributed by atoms with Gasteiger partial charge in [0.15, 0.2) is 0 Å². The van der Waals surface area contributed by atoms with Crippen molar-refractivity contribution in [3.63, 3.8) is 0 Å². The third kappa shape index (κ3) is 4.23. The van der Waals surface area contributed by atoms with Crippen LogP contribution in [0.2, 0.25) is 0 Å². The molecule has 0 saturated heterocycles. The molecule has 1 aromatic heterocycles. The molecule has 0 unspecified atom stereocenters. The Labute approximate surface area is 132 Å². The molecule has 2 N–H and O–H groups in total. The molecule has 1 aromatic carbocycles. The van der Waals surface area contributed by atoms with Crippen LogP contribution in [0.25, 0.3) is 0 Å². The van der Waals surface area contributed by atoms with Gasteiger partial charge in [-0.1, -0.05) is 0 Å². The van der Waals surface area contributed by atoms with Crippen molar-refractivity contribution in [3.8, 4) is 5.88 Å². The fourth-order valence-electron chi connectivity index (χ4n) is 2.14. The number of pyridine rings is 1. The Bertz CT molecular complexity index is 672. The number of methoxy groups -OCH3 is 1. The van der Waals surface area contributed by atoms with Crippen molar-refractivity contribution in [2.45, 2.75) is 12.5 Å². The fraction of sp³-hybridized carbons (Fsp3) is 0.250. The summed E-state index contributed by atoms with van der Waals surface area (Å²) in [6, 6.07) is 5.44. The standard InChI is InChI=1S/C16H17F2N3O2/c1-21(13-3-4-15(23-2)20-9-13)16(22)14(19)7-10-5-11(17)8-12(18)6-10/h3-6,8-9,14H,7,19H2,1-2H3/t14-/m0/s1. The van der Waals surface area contributed by atoms with Crippen molar-refractivity contribution in [1.82, 2.24) is 4.98 Å². The van der Waals surface area contributed by atoms with Crippen LogP contribution in [0.3, 0.4) is 0 Å². The van der Waals surface area contributed by atoms with Gasteiger partial charge in [0.25, 0.3) is 0 Å². The number of nitrogens with two attached hydrogens (primary N) is 1. The molecule has 0 saturated carbocycles. The van der Waals surface area contributed by atoms with Crippen molar-refractivity contribution < 1.29 is 18.3 Å². The molecule has 0 aliphatic heterocycles. The molecule has 1 atom stereocenters. The number of ether oxygens (including phenoxy) is 1. The first kappa shape index (κ1) is 16.8. The Morgan fingerprint density at radius 3 is 2.48 bits per heavy atom. The van der Waals surface area contributed by atoms with Gasteiger partial charge in [-0.25, -0.2) is 13.8 Å². The summed E-state index contributed by atoms with van der Waals surface area (Å²) in [6.45, 7) is 0. The predicted octanol–water partition coefficient (Wildman–Crippen LogP) is 1.90. The fourth-order valence-corrected chi connectivity index (χ4v) is 2.14. The molecule has 122 valence electrons. The molecule has 0 fully saturated rings. The third-order valence-electron chi connectivity index (χ3n) is 3.34. The van der Waals surface area contributed by atoms with Gasteiger partial charge in [0.1, 0.15) is 11.6 Å². The average Bonchev–Trinajstić information content (AvgIpc) is 2.52. The molecule has 0 radical (unpaired) electrons. The van der Waals surface area contributed by atoms with Crippen LogP contribution in [-0.4, -0.2) is 31.1 Å². The van der Waals surface area contributed by atoms with Gasteiger partial charge in [0.05, 0.1) is 25.0 Å². The van der Waals surface area contributed by atoms with Crippen LogP contribution in [0.1, 0.15) is 5.56 Å². The average molecular weight is 321 g/mol. The van der Waals surface area contributed by atoms with Crippen LogP contribution in [0, 0.1) is 11.6 Å². The van der Waals surface area contributed by atoms with E-state index in [-0.39, 0.29) is 12.3 Å². The zero-order chi connectivity index (χ0) is 17.0. The number of halogens is 2. The molecule has 5 nitrogen and oxygen atoms in total. The number of anilines is 1. The summed E-state index contributed by atoms with van der Waals surface area (Å²) >= 11 is 0. The van der Waals surface area contributed by atoms with Crippen molar-refractivity contribution >= 4 is 11.6 Å². The maximum atomic E-state index is 13.2.